The van der Waals surface area contributed by atoms with E-state index in [0.29, 0.717) is 0 Å². The smallest absolute Gasteiger partial charge is 0.161 e. The molecule has 0 aliphatic carbocycles. The van der Waals surface area contributed by atoms with Crippen LogP contribution in [-0.2, 0) is 7.05 Å². The Labute approximate surface area is 124 Å². The van der Waals surface area contributed by atoms with Gasteiger partial charge in [-0.1, -0.05) is 60.7 Å². The van der Waals surface area contributed by atoms with Crippen LogP contribution in [0.1, 0.15) is 17.3 Å². The average Bonchev–Trinajstić information content (AvgIpc) is 2.87. The van der Waals surface area contributed by atoms with E-state index in [2.05, 4.69) is 16.7 Å². The summed E-state index contributed by atoms with van der Waals surface area (Å²) in [6, 6.07) is 22.2. The van der Waals surface area contributed by atoms with E-state index >= 15 is 0 Å². The molecule has 1 heterocycles. The Hall–Kier alpha value is -2.61. The van der Waals surface area contributed by atoms with E-state index in [1.54, 1.807) is 6.92 Å². The quantitative estimate of drug-likeness (QED) is 0.642. The first kappa shape index (κ1) is 13.4. The zero-order valence-corrected chi connectivity index (χ0v) is 12.2. The summed E-state index contributed by atoms with van der Waals surface area (Å²) >= 11 is 0. The van der Waals surface area contributed by atoms with Gasteiger partial charge >= 0.3 is 0 Å². The van der Waals surface area contributed by atoms with Gasteiger partial charge in [-0.3, -0.25) is 4.79 Å². The molecule has 1 aromatic heterocycles. The van der Waals surface area contributed by atoms with Crippen molar-refractivity contribution in [2.45, 2.75) is 6.92 Å². The van der Waals surface area contributed by atoms with E-state index in [4.69, 9.17) is 0 Å². The average molecular weight is 275 g/mol. The number of hydrogen-bond acceptors (Lipinski definition) is 1. The highest BCUT2D eigenvalue weighted by atomic mass is 16.1. The van der Waals surface area contributed by atoms with Gasteiger partial charge < -0.3 is 4.57 Å². The van der Waals surface area contributed by atoms with Gasteiger partial charge in [0.05, 0.1) is 5.69 Å². The number of hydrogen-bond donors (Lipinski definition) is 0. The number of nitrogens with zero attached hydrogens (tertiary/aromatic N) is 1. The van der Waals surface area contributed by atoms with Gasteiger partial charge in [0, 0.05) is 18.3 Å². The van der Waals surface area contributed by atoms with Crippen LogP contribution in [0.15, 0.2) is 66.7 Å². The Morgan fingerprint density at radius 3 is 1.90 bits per heavy atom. The molecule has 2 nitrogen and oxygen atoms in total. The predicted molar refractivity (Wildman–Crippen MR) is 86.3 cm³/mol. The SMILES string of the molecule is CC(=O)c1cc(-c2ccccc2)n(C)c1-c1ccccc1. The highest BCUT2D eigenvalue weighted by Gasteiger charge is 2.17. The summed E-state index contributed by atoms with van der Waals surface area (Å²) in [4.78, 5) is 12.0. The van der Waals surface area contributed by atoms with Gasteiger partial charge in [-0.05, 0) is 24.1 Å². The molecule has 0 amide bonds. The summed E-state index contributed by atoms with van der Waals surface area (Å²) in [5, 5.41) is 0. The molecule has 21 heavy (non-hydrogen) atoms. The summed E-state index contributed by atoms with van der Waals surface area (Å²) in [7, 11) is 2.01. The highest BCUT2D eigenvalue weighted by Crippen LogP contribution is 2.32. The molecule has 0 bridgehead atoms. The summed E-state index contributed by atoms with van der Waals surface area (Å²) in [6.07, 6.45) is 0. The first-order valence-corrected chi connectivity index (χ1v) is 7.00. The van der Waals surface area contributed by atoms with Gasteiger partial charge in [0.15, 0.2) is 5.78 Å². The van der Waals surface area contributed by atoms with Crippen LogP contribution in [0.3, 0.4) is 0 Å². The number of carbonyl (C=O) groups excluding carboxylic acids is 1. The molecule has 0 saturated heterocycles. The third kappa shape index (κ3) is 2.40. The van der Waals surface area contributed by atoms with E-state index < -0.39 is 0 Å². The summed E-state index contributed by atoms with van der Waals surface area (Å²) in [6.45, 7) is 1.62. The first-order chi connectivity index (χ1) is 10.2. The van der Waals surface area contributed by atoms with Crippen molar-refractivity contribution in [3.05, 3.63) is 72.3 Å². The van der Waals surface area contributed by atoms with E-state index in [9.17, 15) is 4.79 Å². The van der Waals surface area contributed by atoms with Crippen molar-refractivity contribution in [2.24, 2.45) is 7.05 Å². The van der Waals surface area contributed by atoms with Crippen molar-refractivity contribution in [2.75, 3.05) is 0 Å². The first-order valence-electron chi connectivity index (χ1n) is 7.00. The van der Waals surface area contributed by atoms with E-state index in [-0.39, 0.29) is 5.78 Å². The lowest BCUT2D eigenvalue weighted by Gasteiger charge is -2.09. The number of Topliss-reactive ketones (excluding diaryl/α,β-unsaturated/α-hetero) is 1. The number of rotatable bonds is 3. The minimum atomic E-state index is 0.0895. The van der Waals surface area contributed by atoms with Crippen LogP contribution in [0.4, 0.5) is 0 Å². The summed E-state index contributed by atoms with van der Waals surface area (Å²) in [5.74, 6) is 0.0895. The molecular weight excluding hydrogens is 258 g/mol. The second-order valence-corrected chi connectivity index (χ2v) is 5.14. The van der Waals surface area contributed by atoms with Gasteiger partial charge in [-0.2, -0.15) is 0 Å². The van der Waals surface area contributed by atoms with E-state index in [0.717, 1.165) is 28.1 Å². The van der Waals surface area contributed by atoms with Gasteiger partial charge in [0.25, 0.3) is 0 Å². The van der Waals surface area contributed by atoms with Gasteiger partial charge in [0.1, 0.15) is 0 Å². The van der Waals surface area contributed by atoms with Crippen LogP contribution in [-0.4, -0.2) is 10.4 Å². The molecule has 2 heteroatoms. The second-order valence-electron chi connectivity index (χ2n) is 5.14. The Balaban J connectivity index is 2.25. The van der Waals surface area contributed by atoms with E-state index in [1.807, 2.05) is 61.6 Å². The molecule has 0 unspecified atom stereocenters. The van der Waals surface area contributed by atoms with Crippen LogP contribution in [0.25, 0.3) is 22.5 Å². The molecule has 3 aromatic rings. The van der Waals surface area contributed by atoms with Crippen LogP contribution in [0, 0.1) is 0 Å². The van der Waals surface area contributed by atoms with Crippen LogP contribution < -0.4 is 0 Å². The van der Waals surface area contributed by atoms with Crippen LogP contribution in [0.5, 0.6) is 0 Å². The summed E-state index contributed by atoms with van der Waals surface area (Å²) in [5.41, 5.74) is 4.97. The number of ketones is 1. The normalized spacial score (nSPS) is 10.6. The zero-order valence-electron chi connectivity index (χ0n) is 12.2. The van der Waals surface area contributed by atoms with Crippen molar-refractivity contribution >= 4 is 5.78 Å². The minimum absolute atomic E-state index is 0.0895. The zero-order chi connectivity index (χ0) is 14.8. The monoisotopic (exact) mass is 275 g/mol. The molecule has 0 N–H and O–H groups in total. The lowest BCUT2D eigenvalue weighted by molar-refractivity contribution is 0.101. The fourth-order valence-corrected chi connectivity index (χ4v) is 2.70. The van der Waals surface area contributed by atoms with Crippen molar-refractivity contribution in [1.29, 1.82) is 0 Å². The van der Waals surface area contributed by atoms with Crippen LogP contribution >= 0.6 is 0 Å². The fraction of sp³-hybridized carbons (Fsp3) is 0.105. The third-order valence-corrected chi connectivity index (χ3v) is 3.73. The maximum atomic E-state index is 12.0. The molecule has 0 radical (unpaired) electrons. The molecule has 2 aromatic carbocycles. The molecule has 0 fully saturated rings. The van der Waals surface area contributed by atoms with Gasteiger partial charge in [-0.25, -0.2) is 0 Å². The maximum absolute atomic E-state index is 12.0. The molecular formula is C19H17NO. The molecule has 0 saturated carbocycles. The molecule has 0 spiro atoms. The lowest BCUT2D eigenvalue weighted by atomic mass is 10.1. The van der Waals surface area contributed by atoms with Crippen molar-refractivity contribution < 1.29 is 4.79 Å². The molecule has 0 aliphatic heterocycles. The minimum Gasteiger partial charge on any atom is -0.343 e. The Bertz CT molecular complexity index is 770. The highest BCUT2D eigenvalue weighted by molar-refractivity contribution is 6.02. The molecule has 3 rings (SSSR count). The topological polar surface area (TPSA) is 22.0 Å². The number of aromatic nitrogens is 1. The van der Waals surface area contributed by atoms with Crippen molar-refractivity contribution in [3.8, 4) is 22.5 Å². The third-order valence-electron chi connectivity index (χ3n) is 3.73. The summed E-state index contributed by atoms with van der Waals surface area (Å²) < 4.78 is 2.10. The standard InChI is InChI=1S/C19H17NO/c1-14(21)17-13-18(15-9-5-3-6-10-15)20(2)19(17)16-11-7-4-8-12-16/h3-13H,1-2H3. The Morgan fingerprint density at radius 2 is 1.38 bits per heavy atom. The molecule has 0 aliphatic rings. The second kappa shape index (κ2) is 5.41. The maximum Gasteiger partial charge on any atom is 0.161 e. The largest absolute Gasteiger partial charge is 0.343 e. The van der Waals surface area contributed by atoms with Gasteiger partial charge in [0.2, 0.25) is 0 Å². The van der Waals surface area contributed by atoms with Gasteiger partial charge in [-0.15, -0.1) is 0 Å². The van der Waals surface area contributed by atoms with E-state index in [1.165, 1.54) is 0 Å². The van der Waals surface area contributed by atoms with Crippen molar-refractivity contribution in [3.63, 3.8) is 0 Å². The number of benzene rings is 2. The fourth-order valence-electron chi connectivity index (χ4n) is 2.70. The Kier molecular flexibility index (Phi) is 3.44. The Morgan fingerprint density at radius 1 is 0.857 bits per heavy atom. The van der Waals surface area contributed by atoms with Crippen molar-refractivity contribution in [1.82, 2.24) is 4.57 Å². The van der Waals surface area contributed by atoms with Crippen LogP contribution in [0.2, 0.25) is 0 Å². The number of carbonyl (C=O) groups is 1. The lowest BCUT2D eigenvalue weighted by Crippen LogP contribution is -1.98. The predicted octanol–water partition coefficient (Wildman–Crippen LogP) is 4.56. The molecule has 104 valence electrons. The molecule has 0 atom stereocenters.